The number of aliphatic hydroxyl groups is 10. The molecule has 2 aromatic carbocycles. The molecule has 2 aromatic rings. The van der Waals surface area contributed by atoms with Crippen LogP contribution in [0.5, 0.6) is 28.7 Å². The number of ether oxygens (including phenoxy) is 8. The summed E-state index contributed by atoms with van der Waals surface area (Å²) in [4.78, 5) is 0. The van der Waals surface area contributed by atoms with E-state index in [1.54, 1.807) is 0 Å². The van der Waals surface area contributed by atoms with E-state index in [2.05, 4.69) is 0 Å². The van der Waals surface area contributed by atoms with E-state index in [1.165, 1.54) is 37.3 Å². The van der Waals surface area contributed by atoms with Gasteiger partial charge in [0.25, 0.3) is 0 Å². The fraction of sp³-hybridized carbons (Fsp3) is 0.636. The average molecular weight is 747 g/mol. The van der Waals surface area contributed by atoms with Crippen molar-refractivity contribution in [2.75, 3.05) is 46.2 Å². The predicted molar refractivity (Wildman–Crippen MR) is 170 cm³/mol. The lowest BCUT2D eigenvalue weighted by Gasteiger charge is -2.47. The summed E-state index contributed by atoms with van der Waals surface area (Å²) in [5.74, 6) is -2.46. The number of phenols is 1. The van der Waals surface area contributed by atoms with Gasteiger partial charge in [0.2, 0.25) is 5.79 Å². The molecule has 3 aliphatic rings. The molecule has 2 saturated heterocycles. The van der Waals surface area contributed by atoms with Crippen molar-refractivity contribution in [3.63, 3.8) is 0 Å². The third-order valence-corrected chi connectivity index (χ3v) is 8.79. The minimum Gasteiger partial charge on any atom is -0.507 e. The van der Waals surface area contributed by atoms with Gasteiger partial charge in [-0.15, -0.1) is 0 Å². The summed E-state index contributed by atoms with van der Waals surface area (Å²) >= 11 is 0. The predicted octanol–water partition coefficient (Wildman–Crippen LogP) is -3.46. The van der Waals surface area contributed by atoms with Gasteiger partial charge in [-0.25, -0.2) is 0 Å². The first-order valence-electron chi connectivity index (χ1n) is 16.6. The molecule has 292 valence electrons. The molecule has 3 heterocycles. The second kappa shape index (κ2) is 17.3. The minimum atomic E-state index is -2.52. The van der Waals surface area contributed by atoms with Crippen molar-refractivity contribution in [1.82, 2.24) is 0 Å². The number of fused-ring (bicyclic) bond motifs is 1. The molecule has 12 atom stereocenters. The number of benzene rings is 2. The first kappa shape index (κ1) is 40.1. The summed E-state index contributed by atoms with van der Waals surface area (Å²) in [6.45, 7) is -0.480. The molecule has 5 rings (SSSR count). The van der Waals surface area contributed by atoms with Gasteiger partial charge < -0.3 is 94.1 Å². The molecule has 19 nitrogen and oxygen atoms in total. The Hall–Kier alpha value is -3.12. The van der Waals surface area contributed by atoms with Gasteiger partial charge >= 0.3 is 0 Å². The summed E-state index contributed by atoms with van der Waals surface area (Å²) in [5.41, 5.74) is 0.224. The molecule has 2 fully saturated rings. The highest BCUT2D eigenvalue weighted by molar-refractivity contribution is 5.53. The van der Waals surface area contributed by atoms with Gasteiger partial charge in [-0.3, -0.25) is 0 Å². The number of hydrogen-bond donors (Lipinski definition) is 11. The standard InChI is InChI=1S/C33H46O19/c1-15-24(38)26(40)28(42)31(49-15)48-14-23-25(39)27(41)29(43)32(51-23)52-33(44)13-18-19(37)11-17(45-7-4-34)12-21(18)50-30(33)16-2-3-20(46-8-5-35)22(10-16)47-9-6-36/h2-3,10-12,15,23-32,34-44H,4-9,13-14H2,1H3/t15-,23+,24-,25+,26+,27-,28+,29+,30?,31+,32-,33?/m0/s1. The number of aliphatic hydroxyl groups excluding tert-OH is 9. The van der Waals surface area contributed by atoms with Gasteiger partial charge in [0.05, 0.1) is 32.5 Å². The molecule has 0 saturated carbocycles. The summed E-state index contributed by atoms with van der Waals surface area (Å²) in [7, 11) is 0. The van der Waals surface area contributed by atoms with Crippen LogP contribution in [-0.4, -0.2) is 170 Å². The second-order valence-electron chi connectivity index (χ2n) is 12.5. The third kappa shape index (κ3) is 8.64. The molecule has 0 radical (unpaired) electrons. The Kier molecular flexibility index (Phi) is 13.4. The summed E-state index contributed by atoms with van der Waals surface area (Å²) in [5, 5.41) is 114. The molecule has 0 aliphatic carbocycles. The van der Waals surface area contributed by atoms with Crippen LogP contribution in [0.3, 0.4) is 0 Å². The van der Waals surface area contributed by atoms with Crippen LogP contribution in [0.2, 0.25) is 0 Å². The largest absolute Gasteiger partial charge is 0.507 e. The fourth-order valence-electron chi connectivity index (χ4n) is 6.06. The van der Waals surface area contributed by atoms with Crippen LogP contribution in [0.1, 0.15) is 24.2 Å². The van der Waals surface area contributed by atoms with Crippen molar-refractivity contribution in [2.45, 2.75) is 86.6 Å². The lowest BCUT2D eigenvalue weighted by Crippen LogP contribution is -2.63. The monoisotopic (exact) mass is 746 g/mol. The highest BCUT2D eigenvalue weighted by Crippen LogP contribution is 2.49. The van der Waals surface area contributed by atoms with Crippen molar-refractivity contribution < 1.29 is 94.1 Å². The smallest absolute Gasteiger partial charge is 0.214 e. The Labute approximate surface area is 297 Å². The lowest BCUT2D eigenvalue weighted by atomic mass is 9.90. The quantitative estimate of drug-likeness (QED) is 0.0790. The van der Waals surface area contributed by atoms with E-state index in [0.717, 1.165) is 0 Å². The number of rotatable bonds is 15. The topological polar surface area (TPSA) is 296 Å². The minimum absolute atomic E-state index is 0.0406. The van der Waals surface area contributed by atoms with E-state index in [9.17, 15) is 56.2 Å². The first-order chi connectivity index (χ1) is 24.8. The maximum atomic E-state index is 12.3. The Bertz CT molecular complexity index is 1460. The van der Waals surface area contributed by atoms with E-state index < -0.39 is 86.3 Å². The SMILES string of the molecule is C[C@@H]1O[C@@H](OC[C@H]2O[C@@H](OC3(O)Cc4c(O)cc(OCCO)cc4OC3c3ccc(OCCO)c(OCCO)c3)[C@H](O)[C@@H](O)[C@@H]2O)[C@H](O)[C@H](O)[C@H]1O. The molecular formula is C33H46O19. The van der Waals surface area contributed by atoms with Crippen molar-refractivity contribution in [3.8, 4) is 28.7 Å². The van der Waals surface area contributed by atoms with Crippen molar-refractivity contribution >= 4 is 0 Å². The fourth-order valence-corrected chi connectivity index (χ4v) is 6.06. The zero-order valence-corrected chi connectivity index (χ0v) is 28.1. The molecule has 19 heteroatoms. The van der Waals surface area contributed by atoms with E-state index >= 15 is 0 Å². The Morgan fingerprint density at radius 1 is 0.731 bits per heavy atom. The van der Waals surface area contributed by atoms with Crippen LogP contribution in [0.25, 0.3) is 0 Å². The normalized spacial score (nSPS) is 34.6. The van der Waals surface area contributed by atoms with Crippen LogP contribution in [0.4, 0.5) is 0 Å². The van der Waals surface area contributed by atoms with E-state index in [1.807, 2.05) is 0 Å². The maximum absolute atomic E-state index is 12.3. The summed E-state index contributed by atoms with van der Waals surface area (Å²) < 4.78 is 45.5. The van der Waals surface area contributed by atoms with Crippen LogP contribution in [-0.2, 0) is 25.4 Å². The van der Waals surface area contributed by atoms with E-state index in [-0.39, 0.29) is 79.5 Å². The molecular weight excluding hydrogens is 700 g/mol. The maximum Gasteiger partial charge on any atom is 0.214 e. The van der Waals surface area contributed by atoms with Gasteiger partial charge in [-0.05, 0) is 19.1 Å². The number of phenolic OH excluding ortho intramolecular Hbond substituents is 1. The second-order valence-corrected chi connectivity index (χ2v) is 12.5. The van der Waals surface area contributed by atoms with Gasteiger partial charge in [0.1, 0.15) is 79.8 Å². The number of hydrogen-bond acceptors (Lipinski definition) is 19. The highest BCUT2D eigenvalue weighted by Gasteiger charge is 2.53. The lowest BCUT2D eigenvalue weighted by molar-refractivity contribution is -0.383. The first-order valence-corrected chi connectivity index (χ1v) is 16.6. The Morgan fingerprint density at radius 2 is 1.37 bits per heavy atom. The van der Waals surface area contributed by atoms with Gasteiger partial charge in [0, 0.05) is 29.7 Å². The molecule has 0 amide bonds. The Balaban J connectivity index is 1.46. The molecule has 0 spiro atoms. The zero-order valence-electron chi connectivity index (χ0n) is 28.1. The average Bonchev–Trinajstić information content (AvgIpc) is 3.13. The third-order valence-electron chi connectivity index (χ3n) is 8.79. The van der Waals surface area contributed by atoms with Crippen molar-refractivity contribution in [2.24, 2.45) is 0 Å². The molecule has 3 aliphatic heterocycles. The van der Waals surface area contributed by atoms with E-state index in [0.29, 0.717) is 0 Å². The van der Waals surface area contributed by atoms with Crippen LogP contribution in [0.15, 0.2) is 30.3 Å². The Morgan fingerprint density at radius 3 is 2.06 bits per heavy atom. The number of aromatic hydroxyl groups is 1. The van der Waals surface area contributed by atoms with Gasteiger partial charge in [-0.2, -0.15) is 0 Å². The zero-order chi connectivity index (χ0) is 37.7. The molecule has 0 bridgehead atoms. The molecule has 52 heavy (non-hydrogen) atoms. The summed E-state index contributed by atoms with van der Waals surface area (Å²) in [6.07, 6.45) is -18.2. The van der Waals surface area contributed by atoms with Crippen LogP contribution < -0.4 is 18.9 Å². The van der Waals surface area contributed by atoms with E-state index in [4.69, 9.17) is 37.9 Å². The molecule has 2 unspecified atom stereocenters. The van der Waals surface area contributed by atoms with Crippen molar-refractivity contribution in [1.29, 1.82) is 0 Å². The highest BCUT2D eigenvalue weighted by atomic mass is 16.8. The van der Waals surface area contributed by atoms with Crippen molar-refractivity contribution in [3.05, 3.63) is 41.5 Å². The van der Waals surface area contributed by atoms with Crippen LogP contribution >= 0.6 is 0 Å². The van der Waals surface area contributed by atoms with Gasteiger partial charge in [0.15, 0.2) is 30.2 Å². The van der Waals surface area contributed by atoms with Gasteiger partial charge in [-0.1, -0.05) is 6.07 Å². The molecule has 0 aromatic heterocycles. The van der Waals surface area contributed by atoms with Crippen LogP contribution in [0, 0.1) is 0 Å². The summed E-state index contributed by atoms with van der Waals surface area (Å²) in [6, 6.07) is 6.98. The molecule has 11 N–H and O–H groups in total.